The lowest BCUT2D eigenvalue weighted by atomic mass is 10.1. The van der Waals surface area contributed by atoms with Gasteiger partial charge < -0.3 is 18.9 Å². The quantitative estimate of drug-likeness (QED) is 0.792. The second-order valence-corrected chi connectivity index (χ2v) is 4.30. The number of esters is 1. The van der Waals surface area contributed by atoms with E-state index in [2.05, 4.69) is 0 Å². The molecule has 1 unspecified atom stereocenters. The maximum atomic E-state index is 11.8. The molecule has 1 aromatic carbocycles. The van der Waals surface area contributed by atoms with Gasteiger partial charge in [0.25, 0.3) is 0 Å². The molecule has 0 N–H and O–H groups in total. The van der Waals surface area contributed by atoms with Crippen molar-refractivity contribution < 1.29 is 23.7 Å². The molecule has 0 saturated carbocycles. The van der Waals surface area contributed by atoms with E-state index >= 15 is 0 Å². The van der Waals surface area contributed by atoms with E-state index in [4.69, 9.17) is 18.9 Å². The van der Waals surface area contributed by atoms with Crippen LogP contribution in [0.2, 0.25) is 0 Å². The predicted molar refractivity (Wildman–Crippen MR) is 72.1 cm³/mol. The number of ether oxygens (including phenoxy) is 4. The number of hydrogen-bond acceptors (Lipinski definition) is 5. The molecule has 0 saturated heterocycles. The highest BCUT2D eigenvalue weighted by atomic mass is 16.6. The molecule has 108 valence electrons. The topological polar surface area (TPSA) is 54.0 Å². The first-order chi connectivity index (χ1) is 9.65. The Hall–Kier alpha value is -2.17. The van der Waals surface area contributed by atoms with Crippen molar-refractivity contribution in [3.8, 4) is 5.75 Å². The Bertz CT molecular complexity index is 521. The molecule has 0 bridgehead atoms. The van der Waals surface area contributed by atoms with Crippen LogP contribution in [0.5, 0.6) is 5.75 Å². The van der Waals surface area contributed by atoms with Gasteiger partial charge >= 0.3 is 5.97 Å². The maximum absolute atomic E-state index is 11.8. The van der Waals surface area contributed by atoms with Crippen molar-refractivity contribution in [3.63, 3.8) is 0 Å². The van der Waals surface area contributed by atoms with E-state index in [-0.39, 0.29) is 11.9 Å². The van der Waals surface area contributed by atoms with E-state index in [9.17, 15) is 4.79 Å². The molecular weight excluding hydrogens is 260 g/mol. The van der Waals surface area contributed by atoms with Crippen molar-refractivity contribution in [1.82, 2.24) is 0 Å². The van der Waals surface area contributed by atoms with E-state index in [1.807, 2.05) is 24.3 Å². The Balaban J connectivity index is 2.18. The summed E-state index contributed by atoms with van der Waals surface area (Å²) < 4.78 is 21.4. The van der Waals surface area contributed by atoms with Crippen LogP contribution in [0.4, 0.5) is 0 Å². The fourth-order valence-electron chi connectivity index (χ4n) is 1.92. The summed E-state index contributed by atoms with van der Waals surface area (Å²) in [6.45, 7) is 4.08. The average molecular weight is 278 g/mol. The van der Waals surface area contributed by atoms with Gasteiger partial charge in [0.15, 0.2) is 6.10 Å². The SMILES string of the molecule is CCOC(=O)C1=C(C)OCC(c2cccc(OC)c2)O1. The maximum Gasteiger partial charge on any atom is 0.377 e. The van der Waals surface area contributed by atoms with Gasteiger partial charge in [-0.3, -0.25) is 0 Å². The normalized spacial score (nSPS) is 18.1. The summed E-state index contributed by atoms with van der Waals surface area (Å²) >= 11 is 0. The average Bonchev–Trinajstić information content (AvgIpc) is 2.48. The van der Waals surface area contributed by atoms with Crippen molar-refractivity contribution in [2.75, 3.05) is 20.3 Å². The molecule has 1 aliphatic rings. The zero-order valence-electron chi connectivity index (χ0n) is 11.8. The highest BCUT2D eigenvalue weighted by Crippen LogP contribution is 2.30. The van der Waals surface area contributed by atoms with Crippen molar-refractivity contribution >= 4 is 5.97 Å². The monoisotopic (exact) mass is 278 g/mol. The minimum Gasteiger partial charge on any atom is -0.497 e. The van der Waals surface area contributed by atoms with E-state index in [1.54, 1.807) is 21.0 Å². The number of carbonyl (C=O) groups is 1. The Morgan fingerprint density at radius 3 is 2.95 bits per heavy atom. The first kappa shape index (κ1) is 14.2. The van der Waals surface area contributed by atoms with Crippen LogP contribution in [-0.2, 0) is 19.0 Å². The van der Waals surface area contributed by atoms with Gasteiger partial charge in [-0.2, -0.15) is 0 Å². The second kappa shape index (κ2) is 6.32. The number of methoxy groups -OCH3 is 1. The van der Waals surface area contributed by atoms with Gasteiger partial charge in [-0.05, 0) is 31.5 Å². The first-order valence-electron chi connectivity index (χ1n) is 6.47. The summed E-state index contributed by atoms with van der Waals surface area (Å²) in [7, 11) is 1.60. The third kappa shape index (κ3) is 3.04. The molecule has 0 aliphatic carbocycles. The fraction of sp³-hybridized carbons (Fsp3) is 0.400. The number of carbonyl (C=O) groups excluding carboxylic acids is 1. The van der Waals surface area contributed by atoms with Crippen LogP contribution < -0.4 is 4.74 Å². The van der Waals surface area contributed by atoms with E-state index in [0.717, 1.165) is 11.3 Å². The molecule has 1 heterocycles. The summed E-state index contributed by atoms with van der Waals surface area (Å²) in [6, 6.07) is 7.48. The van der Waals surface area contributed by atoms with E-state index in [1.165, 1.54) is 0 Å². The standard InChI is InChI=1S/C15H18O5/c1-4-18-15(16)14-10(2)19-9-13(20-14)11-6-5-7-12(8-11)17-3/h5-8,13H,4,9H2,1-3H3. The highest BCUT2D eigenvalue weighted by molar-refractivity contribution is 5.86. The number of hydrogen-bond donors (Lipinski definition) is 0. The van der Waals surface area contributed by atoms with Crippen LogP contribution in [0.15, 0.2) is 35.8 Å². The second-order valence-electron chi connectivity index (χ2n) is 4.30. The highest BCUT2D eigenvalue weighted by Gasteiger charge is 2.28. The van der Waals surface area contributed by atoms with Gasteiger partial charge in [0, 0.05) is 0 Å². The molecule has 1 atom stereocenters. The van der Waals surface area contributed by atoms with Crippen LogP contribution in [0, 0.1) is 0 Å². The molecule has 0 spiro atoms. The van der Waals surface area contributed by atoms with Crippen LogP contribution >= 0.6 is 0 Å². The van der Waals surface area contributed by atoms with Gasteiger partial charge in [0.05, 0.1) is 13.7 Å². The molecule has 1 aliphatic heterocycles. The number of rotatable bonds is 4. The molecule has 1 aromatic rings. The summed E-state index contributed by atoms with van der Waals surface area (Å²) in [4.78, 5) is 11.8. The van der Waals surface area contributed by atoms with Crippen molar-refractivity contribution in [2.24, 2.45) is 0 Å². The van der Waals surface area contributed by atoms with Crippen molar-refractivity contribution in [1.29, 1.82) is 0 Å². The Labute approximate surface area is 118 Å². The van der Waals surface area contributed by atoms with E-state index in [0.29, 0.717) is 19.0 Å². The molecule has 0 amide bonds. The van der Waals surface area contributed by atoms with Crippen molar-refractivity contribution in [2.45, 2.75) is 20.0 Å². The molecule has 20 heavy (non-hydrogen) atoms. The number of allylic oxidation sites excluding steroid dienone is 1. The molecule has 2 rings (SSSR count). The minimum absolute atomic E-state index is 0.130. The molecular formula is C15H18O5. The molecule has 0 radical (unpaired) electrons. The summed E-state index contributed by atoms with van der Waals surface area (Å²) in [5, 5.41) is 0. The number of benzene rings is 1. The van der Waals surface area contributed by atoms with Gasteiger partial charge in [-0.1, -0.05) is 12.1 Å². The molecule has 5 nitrogen and oxygen atoms in total. The van der Waals surface area contributed by atoms with Crippen molar-refractivity contribution in [3.05, 3.63) is 41.3 Å². The lowest BCUT2D eigenvalue weighted by Crippen LogP contribution is -2.23. The summed E-state index contributed by atoms with van der Waals surface area (Å²) in [5.74, 6) is 0.807. The Morgan fingerprint density at radius 2 is 2.25 bits per heavy atom. The predicted octanol–water partition coefficient (Wildman–Crippen LogP) is 2.58. The molecule has 0 aromatic heterocycles. The minimum atomic E-state index is -0.502. The van der Waals surface area contributed by atoms with Gasteiger partial charge in [0.2, 0.25) is 5.76 Å². The summed E-state index contributed by atoms with van der Waals surface area (Å²) in [5.41, 5.74) is 0.888. The third-order valence-electron chi connectivity index (χ3n) is 2.96. The fourth-order valence-corrected chi connectivity index (χ4v) is 1.92. The zero-order chi connectivity index (χ0) is 14.5. The first-order valence-corrected chi connectivity index (χ1v) is 6.47. The largest absolute Gasteiger partial charge is 0.497 e. The van der Waals surface area contributed by atoms with E-state index < -0.39 is 5.97 Å². The Kier molecular flexibility index (Phi) is 4.50. The van der Waals surface area contributed by atoms with Crippen LogP contribution in [-0.4, -0.2) is 26.3 Å². The smallest absolute Gasteiger partial charge is 0.377 e. The van der Waals surface area contributed by atoms with Crippen LogP contribution in [0.3, 0.4) is 0 Å². The van der Waals surface area contributed by atoms with Gasteiger partial charge in [0.1, 0.15) is 18.1 Å². The van der Waals surface area contributed by atoms with Crippen LogP contribution in [0.1, 0.15) is 25.5 Å². The van der Waals surface area contributed by atoms with Gasteiger partial charge in [-0.25, -0.2) is 4.79 Å². The zero-order valence-corrected chi connectivity index (χ0v) is 11.8. The lowest BCUT2D eigenvalue weighted by molar-refractivity contribution is -0.147. The van der Waals surface area contributed by atoms with Crippen LogP contribution in [0.25, 0.3) is 0 Å². The summed E-state index contributed by atoms with van der Waals surface area (Å²) in [6.07, 6.45) is -0.354. The molecule has 5 heteroatoms. The Morgan fingerprint density at radius 1 is 1.45 bits per heavy atom. The lowest BCUT2D eigenvalue weighted by Gasteiger charge is -2.27. The molecule has 0 fully saturated rings. The van der Waals surface area contributed by atoms with Gasteiger partial charge in [-0.15, -0.1) is 0 Å². The third-order valence-corrected chi connectivity index (χ3v) is 2.96.